The number of nitro benzene ring substituents is 1. The SMILES string of the molecule is Cc1ccc(NC(=O)c2cc(C(F)(F)F)ccc2N2CCOCC2)cc1NC(=O)c1cccc(Cl)c1[N+](=O)[O-]. The standard InChI is InChI=1S/C26H22ClF3N4O5/c1-15-5-7-17(14-21(15)32-24(35)18-3-2-4-20(27)23(18)34(37)38)31-25(36)19-13-16(26(28,29)30)6-8-22(19)33-9-11-39-12-10-33/h2-8,13-14H,9-12H2,1H3,(H,31,36)(H,32,35). The summed E-state index contributed by atoms with van der Waals surface area (Å²) in [4.78, 5) is 38.5. The van der Waals surface area contributed by atoms with Crippen LogP contribution in [-0.2, 0) is 10.9 Å². The first-order valence-electron chi connectivity index (χ1n) is 11.7. The highest BCUT2D eigenvalue weighted by Crippen LogP contribution is 2.34. The summed E-state index contributed by atoms with van der Waals surface area (Å²) in [6.07, 6.45) is -4.65. The van der Waals surface area contributed by atoms with E-state index in [0.717, 1.165) is 12.1 Å². The number of para-hydroxylation sites is 1. The fourth-order valence-corrected chi connectivity index (χ4v) is 4.32. The molecule has 39 heavy (non-hydrogen) atoms. The van der Waals surface area contributed by atoms with Crippen molar-refractivity contribution >= 4 is 46.2 Å². The number of amides is 2. The second-order valence-corrected chi connectivity index (χ2v) is 9.07. The summed E-state index contributed by atoms with van der Waals surface area (Å²) in [6.45, 7) is 3.21. The number of nitro groups is 1. The van der Waals surface area contributed by atoms with Gasteiger partial charge >= 0.3 is 11.9 Å². The number of ether oxygens (including phenoxy) is 1. The molecule has 2 N–H and O–H groups in total. The van der Waals surface area contributed by atoms with E-state index in [4.69, 9.17) is 16.3 Å². The Bertz CT molecular complexity index is 1440. The molecule has 0 saturated carbocycles. The smallest absolute Gasteiger partial charge is 0.378 e. The Labute approximate surface area is 225 Å². The summed E-state index contributed by atoms with van der Waals surface area (Å²) >= 11 is 5.90. The van der Waals surface area contributed by atoms with Crippen molar-refractivity contribution < 1.29 is 32.4 Å². The topological polar surface area (TPSA) is 114 Å². The number of morpholine rings is 1. The second kappa shape index (κ2) is 11.3. The van der Waals surface area contributed by atoms with Gasteiger partial charge in [0.25, 0.3) is 11.8 Å². The van der Waals surface area contributed by atoms with Crippen LogP contribution in [0.4, 0.5) is 35.9 Å². The predicted octanol–water partition coefficient (Wildman–Crippen LogP) is 5.92. The van der Waals surface area contributed by atoms with Crippen molar-refractivity contribution in [3.63, 3.8) is 0 Å². The largest absolute Gasteiger partial charge is 0.416 e. The highest BCUT2D eigenvalue weighted by Gasteiger charge is 2.33. The number of rotatable bonds is 6. The van der Waals surface area contributed by atoms with Crippen LogP contribution in [0, 0.1) is 17.0 Å². The summed E-state index contributed by atoms with van der Waals surface area (Å²) in [5, 5.41) is 16.4. The summed E-state index contributed by atoms with van der Waals surface area (Å²) in [7, 11) is 0. The number of nitrogens with zero attached hydrogens (tertiary/aromatic N) is 2. The molecule has 0 radical (unpaired) electrons. The highest BCUT2D eigenvalue weighted by atomic mass is 35.5. The average Bonchev–Trinajstić information content (AvgIpc) is 2.89. The van der Waals surface area contributed by atoms with Gasteiger partial charge in [-0.1, -0.05) is 23.7 Å². The Morgan fingerprint density at radius 3 is 2.36 bits per heavy atom. The number of halogens is 4. The molecule has 0 aliphatic carbocycles. The molecule has 3 aromatic carbocycles. The van der Waals surface area contributed by atoms with Gasteiger partial charge in [-0.15, -0.1) is 0 Å². The van der Waals surface area contributed by atoms with Crippen LogP contribution in [-0.4, -0.2) is 43.0 Å². The van der Waals surface area contributed by atoms with Gasteiger partial charge in [-0.05, 0) is 55.0 Å². The van der Waals surface area contributed by atoms with E-state index in [9.17, 15) is 32.9 Å². The first-order valence-corrected chi connectivity index (χ1v) is 12.0. The number of nitrogens with one attached hydrogen (secondary N) is 2. The van der Waals surface area contributed by atoms with Gasteiger partial charge in [0.15, 0.2) is 0 Å². The Morgan fingerprint density at radius 1 is 1.00 bits per heavy atom. The lowest BCUT2D eigenvalue weighted by Crippen LogP contribution is -2.37. The maximum absolute atomic E-state index is 13.4. The van der Waals surface area contributed by atoms with Gasteiger partial charge < -0.3 is 20.3 Å². The molecule has 0 bridgehead atoms. The van der Waals surface area contributed by atoms with E-state index in [0.29, 0.717) is 37.6 Å². The number of hydrogen-bond donors (Lipinski definition) is 2. The van der Waals surface area contributed by atoms with Crippen LogP contribution in [0.15, 0.2) is 54.6 Å². The van der Waals surface area contributed by atoms with Crippen molar-refractivity contribution in [2.45, 2.75) is 13.1 Å². The molecule has 1 heterocycles. The van der Waals surface area contributed by atoms with E-state index in [1.807, 2.05) is 0 Å². The molecule has 204 valence electrons. The Morgan fingerprint density at radius 2 is 1.69 bits per heavy atom. The van der Waals surface area contributed by atoms with Crippen LogP contribution in [0.25, 0.3) is 0 Å². The lowest BCUT2D eigenvalue weighted by atomic mass is 10.1. The van der Waals surface area contributed by atoms with Gasteiger partial charge in [-0.25, -0.2) is 0 Å². The van der Waals surface area contributed by atoms with Crippen molar-refractivity contribution in [2.24, 2.45) is 0 Å². The molecule has 0 aromatic heterocycles. The van der Waals surface area contributed by atoms with Gasteiger partial charge in [0.05, 0.1) is 29.3 Å². The Kier molecular flexibility index (Phi) is 8.07. The number of carbonyl (C=O) groups excluding carboxylic acids is 2. The van der Waals surface area contributed by atoms with Crippen LogP contribution < -0.4 is 15.5 Å². The Balaban J connectivity index is 1.62. The van der Waals surface area contributed by atoms with Crippen molar-refractivity contribution in [3.8, 4) is 0 Å². The molecule has 1 saturated heterocycles. The van der Waals surface area contributed by atoms with Crippen LogP contribution in [0.1, 0.15) is 31.8 Å². The maximum atomic E-state index is 13.4. The fourth-order valence-electron chi connectivity index (χ4n) is 4.08. The predicted molar refractivity (Wildman–Crippen MR) is 140 cm³/mol. The van der Waals surface area contributed by atoms with Crippen LogP contribution in [0.3, 0.4) is 0 Å². The molecule has 1 aliphatic rings. The van der Waals surface area contributed by atoms with E-state index in [2.05, 4.69) is 10.6 Å². The molecule has 2 amide bonds. The zero-order chi connectivity index (χ0) is 28.3. The third kappa shape index (κ3) is 6.29. The number of aryl methyl sites for hydroxylation is 1. The number of anilines is 3. The van der Waals surface area contributed by atoms with Crippen molar-refractivity contribution in [1.82, 2.24) is 0 Å². The zero-order valence-corrected chi connectivity index (χ0v) is 21.2. The summed E-state index contributed by atoms with van der Waals surface area (Å²) in [5.41, 5.74) is -0.648. The van der Waals surface area contributed by atoms with Crippen molar-refractivity contribution in [3.05, 3.63) is 92.0 Å². The lowest BCUT2D eigenvalue weighted by Gasteiger charge is -2.30. The molecule has 1 fully saturated rings. The minimum atomic E-state index is -4.65. The molecule has 0 atom stereocenters. The third-order valence-corrected chi connectivity index (χ3v) is 6.38. The molecular weight excluding hydrogens is 541 g/mol. The average molecular weight is 563 g/mol. The van der Waals surface area contributed by atoms with Crippen LogP contribution >= 0.6 is 11.6 Å². The molecule has 0 spiro atoms. The number of alkyl halides is 3. The minimum absolute atomic E-state index is 0.174. The third-order valence-electron chi connectivity index (χ3n) is 6.08. The molecule has 3 aromatic rings. The molecule has 9 nitrogen and oxygen atoms in total. The minimum Gasteiger partial charge on any atom is -0.378 e. The number of carbonyl (C=O) groups is 2. The second-order valence-electron chi connectivity index (χ2n) is 8.66. The molecular formula is C26H22ClF3N4O5. The summed E-state index contributed by atoms with van der Waals surface area (Å²) in [5.74, 6) is -1.59. The summed E-state index contributed by atoms with van der Waals surface area (Å²) in [6, 6.07) is 11.4. The van der Waals surface area contributed by atoms with Crippen LogP contribution in [0.5, 0.6) is 0 Å². The van der Waals surface area contributed by atoms with Crippen molar-refractivity contribution in [2.75, 3.05) is 41.8 Å². The van der Waals surface area contributed by atoms with E-state index >= 15 is 0 Å². The number of benzene rings is 3. The van der Waals surface area contributed by atoms with Gasteiger partial charge in [-0.2, -0.15) is 13.2 Å². The number of hydrogen-bond acceptors (Lipinski definition) is 6. The van der Waals surface area contributed by atoms with Crippen LogP contribution in [0.2, 0.25) is 5.02 Å². The van der Waals surface area contributed by atoms with E-state index in [1.54, 1.807) is 17.9 Å². The van der Waals surface area contributed by atoms with Gasteiger partial charge in [-0.3, -0.25) is 19.7 Å². The molecule has 0 unspecified atom stereocenters. The monoisotopic (exact) mass is 562 g/mol. The van der Waals surface area contributed by atoms with E-state index in [-0.39, 0.29) is 27.5 Å². The molecule has 13 heteroatoms. The first kappa shape index (κ1) is 27.9. The van der Waals surface area contributed by atoms with Gasteiger partial charge in [0.2, 0.25) is 0 Å². The molecule has 1 aliphatic heterocycles. The van der Waals surface area contributed by atoms with Crippen molar-refractivity contribution in [1.29, 1.82) is 0 Å². The lowest BCUT2D eigenvalue weighted by molar-refractivity contribution is -0.385. The van der Waals surface area contributed by atoms with Gasteiger partial charge in [0, 0.05) is 30.2 Å². The van der Waals surface area contributed by atoms with Gasteiger partial charge in [0.1, 0.15) is 10.6 Å². The summed E-state index contributed by atoms with van der Waals surface area (Å²) < 4.78 is 45.6. The Hall–Kier alpha value is -4.16. The molecule has 4 rings (SSSR count). The normalized spacial score (nSPS) is 13.6. The highest BCUT2D eigenvalue weighted by molar-refractivity contribution is 6.33. The van der Waals surface area contributed by atoms with E-state index in [1.165, 1.54) is 36.4 Å². The first-order chi connectivity index (χ1) is 18.5. The quantitative estimate of drug-likeness (QED) is 0.285. The maximum Gasteiger partial charge on any atom is 0.416 e. The zero-order valence-electron chi connectivity index (χ0n) is 20.5. The van der Waals surface area contributed by atoms with E-state index < -0.39 is 34.2 Å². The fraction of sp³-hybridized carbons (Fsp3) is 0.231.